The van der Waals surface area contributed by atoms with Crippen molar-refractivity contribution in [1.82, 2.24) is 0 Å². The SMILES string of the molecule is Cc1ccc(N2C[C@@H]3C[C@H]2CN3c2ccc(C(=O)O)cc2)cc1. The van der Waals surface area contributed by atoms with Gasteiger partial charge in [-0.3, -0.25) is 0 Å². The summed E-state index contributed by atoms with van der Waals surface area (Å²) in [4.78, 5) is 15.9. The van der Waals surface area contributed by atoms with Crippen molar-refractivity contribution in [1.29, 1.82) is 0 Å². The minimum atomic E-state index is -0.870. The first-order valence-electron chi connectivity index (χ1n) is 8.05. The zero-order valence-corrected chi connectivity index (χ0v) is 13.1. The highest BCUT2D eigenvalue weighted by atomic mass is 16.4. The van der Waals surface area contributed by atoms with Crippen LogP contribution in [0.15, 0.2) is 48.5 Å². The van der Waals surface area contributed by atoms with Crippen LogP contribution in [0.5, 0.6) is 0 Å². The maximum absolute atomic E-state index is 11.0. The van der Waals surface area contributed by atoms with Crippen molar-refractivity contribution in [3.8, 4) is 0 Å². The van der Waals surface area contributed by atoms with E-state index in [0.717, 1.165) is 18.8 Å². The summed E-state index contributed by atoms with van der Waals surface area (Å²) in [5, 5.41) is 9.01. The molecule has 2 fully saturated rings. The Morgan fingerprint density at radius 2 is 1.39 bits per heavy atom. The molecule has 2 bridgehead atoms. The van der Waals surface area contributed by atoms with Gasteiger partial charge in [-0.15, -0.1) is 0 Å². The summed E-state index contributed by atoms with van der Waals surface area (Å²) < 4.78 is 0. The Hall–Kier alpha value is -2.49. The number of carboxylic acid groups (broad SMARTS) is 1. The first-order valence-corrected chi connectivity index (χ1v) is 8.05. The first kappa shape index (κ1) is 14.1. The van der Waals surface area contributed by atoms with Crippen LogP contribution in [0.2, 0.25) is 0 Å². The van der Waals surface area contributed by atoms with Gasteiger partial charge in [0.2, 0.25) is 0 Å². The molecule has 4 nitrogen and oxygen atoms in total. The molecule has 0 aromatic heterocycles. The monoisotopic (exact) mass is 308 g/mol. The molecule has 118 valence electrons. The summed E-state index contributed by atoms with van der Waals surface area (Å²) in [6.45, 7) is 4.15. The van der Waals surface area contributed by atoms with Crippen molar-refractivity contribution in [2.75, 3.05) is 22.9 Å². The van der Waals surface area contributed by atoms with Gasteiger partial charge in [-0.1, -0.05) is 17.7 Å². The van der Waals surface area contributed by atoms with Gasteiger partial charge in [-0.05, 0) is 49.7 Å². The van der Waals surface area contributed by atoms with Gasteiger partial charge in [0.25, 0.3) is 0 Å². The molecule has 0 spiro atoms. The third-order valence-electron chi connectivity index (χ3n) is 5.05. The van der Waals surface area contributed by atoms with Crippen molar-refractivity contribution >= 4 is 17.3 Å². The Kier molecular flexibility index (Phi) is 3.26. The van der Waals surface area contributed by atoms with Crippen LogP contribution < -0.4 is 9.80 Å². The van der Waals surface area contributed by atoms with Gasteiger partial charge < -0.3 is 14.9 Å². The summed E-state index contributed by atoms with van der Waals surface area (Å²) in [7, 11) is 0. The fourth-order valence-corrected chi connectivity index (χ4v) is 3.83. The van der Waals surface area contributed by atoms with E-state index in [1.165, 1.54) is 17.7 Å². The van der Waals surface area contributed by atoms with Crippen LogP contribution in [0.25, 0.3) is 0 Å². The van der Waals surface area contributed by atoms with Crippen LogP contribution in [0.3, 0.4) is 0 Å². The van der Waals surface area contributed by atoms with Crippen LogP contribution in [-0.4, -0.2) is 36.2 Å². The van der Waals surface area contributed by atoms with Crippen molar-refractivity contribution < 1.29 is 9.90 Å². The number of anilines is 2. The Morgan fingerprint density at radius 3 is 1.83 bits per heavy atom. The quantitative estimate of drug-likeness (QED) is 0.946. The molecule has 2 aliphatic rings. The Morgan fingerprint density at radius 1 is 0.913 bits per heavy atom. The van der Waals surface area contributed by atoms with Crippen LogP contribution >= 0.6 is 0 Å². The lowest BCUT2D eigenvalue weighted by Gasteiger charge is -2.37. The third-order valence-corrected chi connectivity index (χ3v) is 5.05. The number of fused-ring (bicyclic) bond motifs is 2. The lowest BCUT2D eigenvalue weighted by atomic mass is 10.1. The van der Waals surface area contributed by atoms with E-state index >= 15 is 0 Å². The summed E-state index contributed by atoms with van der Waals surface area (Å²) in [6.07, 6.45) is 1.18. The van der Waals surface area contributed by atoms with Gasteiger partial charge >= 0.3 is 5.97 Å². The zero-order chi connectivity index (χ0) is 16.0. The molecule has 2 aromatic carbocycles. The van der Waals surface area contributed by atoms with Gasteiger partial charge in [0.05, 0.1) is 5.56 Å². The Bertz CT molecular complexity index is 724. The van der Waals surface area contributed by atoms with Crippen LogP contribution in [-0.2, 0) is 0 Å². The molecule has 0 amide bonds. The topological polar surface area (TPSA) is 43.8 Å². The number of nitrogens with zero attached hydrogens (tertiary/aromatic N) is 2. The fourth-order valence-electron chi connectivity index (χ4n) is 3.83. The standard InChI is InChI=1S/C19H20N2O2/c1-13-2-6-15(7-3-13)20-11-18-10-17(20)12-21(18)16-8-4-14(5-9-16)19(22)23/h2-9,17-18H,10-12H2,1H3,(H,22,23)/t17-,18-/m0/s1. The second kappa shape index (κ2) is 5.30. The van der Waals surface area contributed by atoms with Gasteiger partial charge in [-0.2, -0.15) is 0 Å². The predicted octanol–water partition coefficient (Wildman–Crippen LogP) is 3.16. The molecule has 0 radical (unpaired) electrons. The van der Waals surface area contributed by atoms with Gasteiger partial charge in [-0.25, -0.2) is 4.79 Å². The van der Waals surface area contributed by atoms with E-state index in [1.54, 1.807) is 12.1 Å². The van der Waals surface area contributed by atoms with E-state index in [-0.39, 0.29) is 0 Å². The molecule has 0 aliphatic carbocycles. The number of aryl methyl sites for hydroxylation is 1. The number of aromatic carboxylic acids is 1. The van der Waals surface area contributed by atoms with Crippen LogP contribution in [0, 0.1) is 6.92 Å². The highest BCUT2D eigenvalue weighted by molar-refractivity contribution is 5.88. The average Bonchev–Trinajstić information content (AvgIpc) is 3.16. The summed E-state index contributed by atoms with van der Waals surface area (Å²) in [6, 6.07) is 17.1. The number of benzene rings is 2. The van der Waals surface area contributed by atoms with Crippen molar-refractivity contribution in [2.24, 2.45) is 0 Å². The molecule has 4 heteroatoms. The number of carboxylic acids is 1. The molecular weight excluding hydrogens is 288 g/mol. The molecule has 2 heterocycles. The molecule has 23 heavy (non-hydrogen) atoms. The molecule has 0 unspecified atom stereocenters. The van der Waals surface area contributed by atoms with Gasteiger partial charge in [0.1, 0.15) is 0 Å². The first-order chi connectivity index (χ1) is 11.1. The summed E-state index contributed by atoms with van der Waals surface area (Å²) in [5.41, 5.74) is 4.08. The second-order valence-corrected chi connectivity index (χ2v) is 6.54. The average molecular weight is 308 g/mol. The highest BCUT2D eigenvalue weighted by Crippen LogP contribution is 2.37. The fraction of sp³-hybridized carbons (Fsp3) is 0.316. The van der Waals surface area contributed by atoms with E-state index in [4.69, 9.17) is 5.11 Å². The molecule has 1 N–H and O–H groups in total. The smallest absolute Gasteiger partial charge is 0.335 e. The van der Waals surface area contributed by atoms with Crippen molar-refractivity contribution in [3.05, 3.63) is 59.7 Å². The van der Waals surface area contributed by atoms with E-state index < -0.39 is 5.97 Å². The normalized spacial score (nSPS) is 22.7. The van der Waals surface area contributed by atoms with Gasteiger partial charge in [0.15, 0.2) is 0 Å². The maximum atomic E-state index is 11.0. The van der Waals surface area contributed by atoms with E-state index in [9.17, 15) is 4.79 Å². The van der Waals surface area contributed by atoms with Gasteiger partial charge in [0, 0.05) is 36.5 Å². The summed E-state index contributed by atoms with van der Waals surface area (Å²) >= 11 is 0. The van der Waals surface area contributed by atoms with Crippen LogP contribution in [0.1, 0.15) is 22.3 Å². The van der Waals surface area contributed by atoms with E-state index in [1.807, 2.05) is 12.1 Å². The molecule has 2 saturated heterocycles. The highest BCUT2D eigenvalue weighted by Gasteiger charge is 2.43. The minimum absolute atomic E-state index is 0.347. The molecule has 4 rings (SSSR count). The second-order valence-electron chi connectivity index (χ2n) is 6.54. The largest absolute Gasteiger partial charge is 0.478 e. The number of rotatable bonds is 3. The lowest BCUT2D eigenvalue weighted by Crippen LogP contribution is -2.46. The molecule has 2 aliphatic heterocycles. The number of carbonyl (C=O) groups is 1. The maximum Gasteiger partial charge on any atom is 0.335 e. The Labute approximate surface area is 136 Å². The predicted molar refractivity (Wildman–Crippen MR) is 91.5 cm³/mol. The van der Waals surface area contributed by atoms with E-state index in [2.05, 4.69) is 41.0 Å². The molecular formula is C19H20N2O2. The molecule has 0 saturated carbocycles. The number of hydrogen-bond donors (Lipinski definition) is 1. The van der Waals surface area contributed by atoms with Crippen molar-refractivity contribution in [2.45, 2.75) is 25.4 Å². The van der Waals surface area contributed by atoms with E-state index in [0.29, 0.717) is 17.6 Å². The Balaban J connectivity index is 1.50. The number of piperazine rings is 1. The number of hydrogen-bond acceptors (Lipinski definition) is 3. The lowest BCUT2D eigenvalue weighted by molar-refractivity contribution is 0.0697. The van der Waals surface area contributed by atoms with Crippen LogP contribution in [0.4, 0.5) is 11.4 Å². The van der Waals surface area contributed by atoms with Crippen molar-refractivity contribution in [3.63, 3.8) is 0 Å². The molecule has 2 atom stereocenters. The zero-order valence-electron chi connectivity index (χ0n) is 13.1. The molecule has 2 aromatic rings. The third kappa shape index (κ3) is 2.44. The minimum Gasteiger partial charge on any atom is -0.478 e. The summed E-state index contributed by atoms with van der Waals surface area (Å²) in [5.74, 6) is -0.870.